The molecule has 16 heavy (non-hydrogen) atoms. The number of fused-ring (bicyclic) bond motifs is 1. The predicted molar refractivity (Wildman–Crippen MR) is 70.1 cm³/mol. The van der Waals surface area contributed by atoms with Crippen LogP contribution in [0.3, 0.4) is 0 Å². The van der Waals surface area contributed by atoms with Crippen molar-refractivity contribution >= 4 is 28.2 Å². The van der Waals surface area contributed by atoms with E-state index in [2.05, 4.69) is 24.1 Å². The SMILES string of the molecule is CC(C)CNc1ccnc2cc(Cl)ccc12. The van der Waals surface area contributed by atoms with Crippen molar-refractivity contribution in [3.63, 3.8) is 0 Å². The van der Waals surface area contributed by atoms with Gasteiger partial charge in [-0.3, -0.25) is 4.98 Å². The molecular formula is C13H15ClN2. The molecule has 84 valence electrons. The average Bonchev–Trinajstić information content (AvgIpc) is 2.25. The van der Waals surface area contributed by atoms with E-state index >= 15 is 0 Å². The normalized spacial score (nSPS) is 11.0. The molecule has 1 N–H and O–H groups in total. The molecule has 0 aliphatic heterocycles. The van der Waals surface area contributed by atoms with Crippen molar-refractivity contribution in [1.29, 1.82) is 0 Å². The molecule has 0 saturated carbocycles. The monoisotopic (exact) mass is 234 g/mol. The lowest BCUT2D eigenvalue weighted by molar-refractivity contribution is 0.689. The van der Waals surface area contributed by atoms with E-state index < -0.39 is 0 Å². The Morgan fingerprint density at radius 3 is 2.88 bits per heavy atom. The van der Waals surface area contributed by atoms with Crippen LogP contribution in [0.25, 0.3) is 10.9 Å². The van der Waals surface area contributed by atoms with Crippen molar-refractivity contribution in [3.8, 4) is 0 Å². The van der Waals surface area contributed by atoms with Crippen molar-refractivity contribution < 1.29 is 0 Å². The standard InChI is InChI=1S/C13H15ClN2/c1-9(2)8-16-12-5-6-15-13-7-10(14)3-4-11(12)13/h3-7,9H,8H2,1-2H3,(H,15,16). The Morgan fingerprint density at radius 2 is 2.12 bits per heavy atom. The van der Waals surface area contributed by atoms with E-state index in [-0.39, 0.29) is 0 Å². The minimum atomic E-state index is 0.621. The zero-order chi connectivity index (χ0) is 11.5. The molecule has 0 atom stereocenters. The summed E-state index contributed by atoms with van der Waals surface area (Å²) in [7, 11) is 0. The predicted octanol–water partition coefficient (Wildman–Crippen LogP) is 3.96. The second kappa shape index (κ2) is 4.71. The number of pyridine rings is 1. The molecule has 1 aromatic heterocycles. The Morgan fingerprint density at radius 1 is 1.31 bits per heavy atom. The summed E-state index contributed by atoms with van der Waals surface area (Å²) >= 11 is 5.94. The third kappa shape index (κ3) is 2.45. The third-order valence-electron chi connectivity index (χ3n) is 2.41. The van der Waals surface area contributed by atoms with Crippen molar-refractivity contribution in [2.24, 2.45) is 5.92 Å². The van der Waals surface area contributed by atoms with Crippen molar-refractivity contribution in [2.75, 3.05) is 11.9 Å². The highest BCUT2D eigenvalue weighted by molar-refractivity contribution is 6.31. The molecular weight excluding hydrogens is 220 g/mol. The number of rotatable bonds is 3. The van der Waals surface area contributed by atoms with Crippen molar-refractivity contribution in [1.82, 2.24) is 4.98 Å². The molecule has 0 radical (unpaired) electrons. The van der Waals surface area contributed by atoms with Crippen LogP contribution in [-0.2, 0) is 0 Å². The van der Waals surface area contributed by atoms with Crippen LogP contribution in [-0.4, -0.2) is 11.5 Å². The van der Waals surface area contributed by atoms with Gasteiger partial charge in [0.2, 0.25) is 0 Å². The van der Waals surface area contributed by atoms with E-state index in [4.69, 9.17) is 11.6 Å². The molecule has 0 unspecified atom stereocenters. The van der Waals surface area contributed by atoms with Gasteiger partial charge >= 0.3 is 0 Å². The highest BCUT2D eigenvalue weighted by Gasteiger charge is 2.02. The number of nitrogens with one attached hydrogen (secondary N) is 1. The molecule has 0 fully saturated rings. The van der Waals surface area contributed by atoms with Gasteiger partial charge in [0.15, 0.2) is 0 Å². The summed E-state index contributed by atoms with van der Waals surface area (Å²) < 4.78 is 0. The Labute approximate surface area is 101 Å². The number of anilines is 1. The van der Waals surface area contributed by atoms with Gasteiger partial charge < -0.3 is 5.32 Å². The molecule has 0 bridgehead atoms. The summed E-state index contributed by atoms with van der Waals surface area (Å²) in [6.07, 6.45) is 1.81. The molecule has 1 aromatic carbocycles. The van der Waals surface area contributed by atoms with Crippen LogP contribution in [0.2, 0.25) is 5.02 Å². The second-order valence-corrected chi connectivity index (χ2v) is 4.73. The molecule has 2 rings (SSSR count). The van der Waals surface area contributed by atoms with Crippen molar-refractivity contribution in [3.05, 3.63) is 35.5 Å². The van der Waals surface area contributed by atoms with Gasteiger partial charge in [0.05, 0.1) is 5.52 Å². The molecule has 0 spiro atoms. The van der Waals surface area contributed by atoms with E-state index in [1.54, 1.807) is 6.20 Å². The Bertz CT molecular complexity index is 494. The number of benzene rings is 1. The lowest BCUT2D eigenvalue weighted by Crippen LogP contribution is -2.08. The topological polar surface area (TPSA) is 24.9 Å². The first-order chi connectivity index (χ1) is 7.66. The first-order valence-electron chi connectivity index (χ1n) is 5.45. The maximum absolute atomic E-state index is 5.94. The van der Waals surface area contributed by atoms with Gasteiger partial charge in [-0.05, 0) is 30.2 Å². The molecule has 2 nitrogen and oxygen atoms in total. The fraction of sp³-hybridized carbons (Fsp3) is 0.308. The summed E-state index contributed by atoms with van der Waals surface area (Å²) in [6.45, 7) is 5.34. The highest BCUT2D eigenvalue weighted by atomic mass is 35.5. The molecule has 0 aliphatic carbocycles. The largest absolute Gasteiger partial charge is 0.384 e. The van der Waals surface area contributed by atoms with E-state index in [0.717, 1.165) is 28.2 Å². The number of aromatic nitrogens is 1. The lowest BCUT2D eigenvalue weighted by Gasteiger charge is -2.11. The molecule has 1 heterocycles. The lowest BCUT2D eigenvalue weighted by atomic mass is 10.1. The minimum absolute atomic E-state index is 0.621. The van der Waals surface area contributed by atoms with Gasteiger partial charge in [-0.1, -0.05) is 25.4 Å². The van der Waals surface area contributed by atoms with Crippen LogP contribution in [0, 0.1) is 5.92 Å². The summed E-state index contributed by atoms with van der Waals surface area (Å²) in [5, 5.41) is 5.26. The zero-order valence-electron chi connectivity index (χ0n) is 9.50. The average molecular weight is 235 g/mol. The molecule has 2 aromatic rings. The van der Waals surface area contributed by atoms with Crippen LogP contribution in [0.5, 0.6) is 0 Å². The Kier molecular flexibility index (Phi) is 3.30. The second-order valence-electron chi connectivity index (χ2n) is 4.29. The van der Waals surface area contributed by atoms with E-state index in [9.17, 15) is 0 Å². The third-order valence-corrected chi connectivity index (χ3v) is 2.64. The number of nitrogens with zero attached hydrogens (tertiary/aromatic N) is 1. The van der Waals surface area contributed by atoms with E-state index in [0.29, 0.717) is 5.92 Å². The summed E-state index contributed by atoms with van der Waals surface area (Å²) in [6, 6.07) is 7.79. The van der Waals surface area contributed by atoms with E-state index in [1.807, 2.05) is 24.3 Å². The number of halogens is 1. The summed E-state index contributed by atoms with van der Waals surface area (Å²) in [5.74, 6) is 0.621. The van der Waals surface area contributed by atoms with Gasteiger partial charge in [0, 0.05) is 28.8 Å². The van der Waals surface area contributed by atoms with Gasteiger partial charge in [0.1, 0.15) is 0 Å². The number of hydrogen-bond donors (Lipinski definition) is 1. The first-order valence-corrected chi connectivity index (χ1v) is 5.83. The Hall–Kier alpha value is -1.28. The smallest absolute Gasteiger partial charge is 0.0737 e. The van der Waals surface area contributed by atoms with Crippen LogP contribution in [0.1, 0.15) is 13.8 Å². The van der Waals surface area contributed by atoms with E-state index in [1.165, 1.54) is 0 Å². The van der Waals surface area contributed by atoms with Crippen LogP contribution >= 0.6 is 11.6 Å². The maximum Gasteiger partial charge on any atom is 0.0737 e. The molecule has 0 aliphatic rings. The van der Waals surface area contributed by atoms with Gasteiger partial charge in [0.25, 0.3) is 0 Å². The molecule has 0 saturated heterocycles. The van der Waals surface area contributed by atoms with Crippen LogP contribution in [0.15, 0.2) is 30.5 Å². The summed E-state index contributed by atoms with van der Waals surface area (Å²) in [5.41, 5.74) is 2.05. The summed E-state index contributed by atoms with van der Waals surface area (Å²) in [4.78, 5) is 4.31. The maximum atomic E-state index is 5.94. The van der Waals surface area contributed by atoms with Crippen LogP contribution < -0.4 is 5.32 Å². The van der Waals surface area contributed by atoms with Crippen LogP contribution in [0.4, 0.5) is 5.69 Å². The number of hydrogen-bond acceptors (Lipinski definition) is 2. The van der Waals surface area contributed by atoms with Crippen molar-refractivity contribution in [2.45, 2.75) is 13.8 Å². The first kappa shape index (κ1) is 11.2. The van der Waals surface area contributed by atoms with Gasteiger partial charge in [-0.15, -0.1) is 0 Å². The zero-order valence-corrected chi connectivity index (χ0v) is 10.3. The fourth-order valence-corrected chi connectivity index (χ4v) is 1.76. The molecule has 0 amide bonds. The highest BCUT2D eigenvalue weighted by Crippen LogP contribution is 2.24. The fourth-order valence-electron chi connectivity index (χ4n) is 1.59. The van der Waals surface area contributed by atoms with Gasteiger partial charge in [-0.25, -0.2) is 0 Å². The Balaban J connectivity index is 2.38. The van der Waals surface area contributed by atoms with Gasteiger partial charge in [-0.2, -0.15) is 0 Å². The molecule has 3 heteroatoms. The quantitative estimate of drug-likeness (QED) is 0.870. The minimum Gasteiger partial charge on any atom is -0.384 e.